The Balaban J connectivity index is 1.81. The van der Waals surface area contributed by atoms with Gasteiger partial charge in [0.2, 0.25) is 0 Å². The number of hydrogen-bond donors (Lipinski definition) is 1. The molecule has 2 N–H and O–H groups in total. The van der Waals surface area contributed by atoms with Gasteiger partial charge in [-0.25, -0.2) is 0 Å². The molecule has 1 aromatic heterocycles. The maximum absolute atomic E-state index is 6.05. The Hall–Kier alpha value is -0.930. The van der Waals surface area contributed by atoms with Gasteiger partial charge in [-0.2, -0.15) is 0 Å². The summed E-state index contributed by atoms with van der Waals surface area (Å²) in [6.07, 6.45) is 6.14. The SMILES string of the molecule is CC1CCC(CN)(OCCc2ccccn2)C1. The zero-order valence-electron chi connectivity index (χ0n) is 10.6. The predicted octanol–water partition coefficient (Wildman–Crippen LogP) is 2.16. The first-order valence-electron chi connectivity index (χ1n) is 6.48. The van der Waals surface area contributed by atoms with Crippen molar-refractivity contribution in [2.45, 2.75) is 38.2 Å². The van der Waals surface area contributed by atoms with Gasteiger partial charge in [-0.1, -0.05) is 13.0 Å². The van der Waals surface area contributed by atoms with Crippen LogP contribution in [0.5, 0.6) is 0 Å². The van der Waals surface area contributed by atoms with Crippen LogP contribution in [0.25, 0.3) is 0 Å². The van der Waals surface area contributed by atoms with E-state index in [9.17, 15) is 0 Å². The summed E-state index contributed by atoms with van der Waals surface area (Å²) in [5.41, 5.74) is 6.90. The monoisotopic (exact) mass is 234 g/mol. The van der Waals surface area contributed by atoms with E-state index in [1.165, 1.54) is 6.42 Å². The molecule has 94 valence electrons. The van der Waals surface area contributed by atoms with Crippen LogP contribution in [0.1, 0.15) is 31.9 Å². The van der Waals surface area contributed by atoms with E-state index in [1.54, 1.807) is 0 Å². The lowest BCUT2D eigenvalue weighted by Gasteiger charge is -2.28. The molecule has 2 rings (SSSR count). The topological polar surface area (TPSA) is 48.1 Å². The first-order valence-corrected chi connectivity index (χ1v) is 6.48. The van der Waals surface area contributed by atoms with Crippen molar-refractivity contribution in [2.75, 3.05) is 13.2 Å². The highest BCUT2D eigenvalue weighted by atomic mass is 16.5. The highest BCUT2D eigenvalue weighted by Crippen LogP contribution is 2.36. The molecule has 1 aromatic rings. The van der Waals surface area contributed by atoms with Gasteiger partial charge in [0, 0.05) is 24.9 Å². The minimum Gasteiger partial charge on any atom is -0.373 e. The molecular formula is C14H22N2O. The molecule has 1 saturated carbocycles. The van der Waals surface area contributed by atoms with Crippen LogP contribution in [0.3, 0.4) is 0 Å². The molecule has 2 unspecified atom stereocenters. The molecule has 17 heavy (non-hydrogen) atoms. The second-order valence-electron chi connectivity index (χ2n) is 5.15. The molecule has 1 fully saturated rings. The van der Waals surface area contributed by atoms with Gasteiger partial charge in [0.25, 0.3) is 0 Å². The van der Waals surface area contributed by atoms with Crippen molar-refractivity contribution in [1.82, 2.24) is 4.98 Å². The molecule has 0 saturated heterocycles. The molecule has 0 aliphatic heterocycles. The fraction of sp³-hybridized carbons (Fsp3) is 0.643. The lowest BCUT2D eigenvalue weighted by molar-refractivity contribution is -0.0345. The van der Waals surface area contributed by atoms with E-state index in [-0.39, 0.29) is 5.60 Å². The van der Waals surface area contributed by atoms with Crippen molar-refractivity contribution in [3.05, 3.63) is 30.1 Å². The predicted molar refractivity (Wildman–Crippen MR) is 68.7 cm³/mol. The van der Waals surface area contributed by atoms with Gasteiger partial charge in [0.1, 0.15) is 0 Å². The number of aromatic nitrogens is 1. The van der Waals surface area contributed by atoms with E-state index >= 15 is 0 Å². The second-order valence-corrected chi connectivity index (χ2v) is 5.15. The Morgan fingerprint density at radius 1 is 1.53 bits per heavy atom. The maximum Gasteiger partial charge on any atom is 0.0806 e. The second kappa shape index (κ2) is 5.61. The maximum atomic E-state index is 6.05. The molecule has 2 atom stereocenters. The van der Waals surface area contributed by atoms with E-state index in [4.69, 9.17) is 10.5 Å². The third kappa shape index (κ3) is 3.27. The average molecular weight is 234 g/mol. The van der Waals surface area contributed by atoms with Crippen molar-refractivity contribution in [3.63, 3.8) is 0 Å². The summed E-state index contributed by atoms with van der Waals surface area (Å²) in [5.74, 6) is 0.744. The van der Waals surface area contributed by atoms with Crippen molar-refractivity contribution in [1.29, 1.82) is 0 Å². The first-order chi connectivity index (χ1) is 8.24. The largest absolute Gasteiger partial charge is 0.373 e. The number of rotatable bonds is 5. The van der Waals surface area contributed by atoms with Gasteiger partial charge < -0.3 is 10.5 Å². The average Bonchev–Trinajstić information content (AvgIpc) is 2.73. The quantitative estimate of drug-likeness (QED) is 0.849. The zero-order valence-corrected chi connectivity index (χ0v) is 10.6. The van der Waals surface area contributed by atoms with Crippen molar-refractivity contribution >= 4 is 0 Å². The number of pyridine rings is 1. The van der Waals surface area contributed by atoms with Gasteiger partial charge >= 0.3 is 0 Å². The van der Waals surface area contributed by atoms with Gasteiger partial charge in [-0.15, -0.1) is 0 Å². The third-order valence-corrected chi connectivity index (χ3v) is 3.68. The Kier molecular flexibility index (Phi) is 4.13. The molecule has 1 aliphatic rings. The van der Waals surface area contributed by atoms with Gasteiger partial charge in [-0.3, -0.25) is 4.98 Å². The van der Waals surface area contributed by atoms with Gasteiger partial charge in [-0.05, 0) is 37.3 Å². The fourth-order valence-electron chi connectivity index (χ4n) is 2.64. The van der Waals surface area contributed by atoms with E-state index in [1.807, 2.05) is 24.4 Å². The smallest absolute Gasteiger partial charge is 0.0806 e. The zero-order chi connectivity index (χ0) is 12.1. The van der Waals surface area contributed by atoms with Crippen molar-refractivity contribution < 1.29 is 4.74 Å². The number of nitrogens with two attached hydrogens (primary N) is 1. The molecule has 3 nitrogen and oxygen atoms in total. The summed E-state index contributed by atoms with van der Waals surface area (Å²) in [6.45, 7) is 3.64. The lowest BCUT2D eigenvalue weighted by atomic mass is 10.0. The van der Waals surface area contributed by atoms with Crippen LogP contribution in [0, 0.1) is 5.92 Å². The normalized spacial score (nSPS) is 28.5. The van der Waals surface area contributed by atoms with Gasteiger partial charge in [0.15, 0.2) is 0 Å². The fourth-order valence-corrected chi connectivity index (χ4v) is 2.64. The molecule has 0 aromatic carbocycles. The van der Waals surface area contributed by atoms with Crippen LogP contribution >= 0.6 is 0 Å². The highest BCUT2D eigenvalue weighted by Gasteiger charge is 2.36. The molecule has 0 bridgehead atoms. The summed E-state index contributed by atoms with van der Waals surface area (Å²) < 4.78 is 6.05. The molecular weight excluding hydrogens is 212 g/mol. The molecule has 0 spiro atoms. The number of nitrogens with zero attached hydrogens (tertiary/aromatic N) is 1. The van der Waals surface area contributed by atoms with Crippen molar-refractivity contribution in [2.24, 2.45) is 11.7 Å². The van der Waals surface area contributed by atoms with E-state index < -0.39 is 0 Å². The summed E-state index contributed by atoms with van der Waals surface area (Å²) in [5, 5.41) is 0. The molecule has 1 heterocycles. The Bertz CT molecular complexity index is 341. The summed E-state index contributed by atoms with van der Waals surface area (Å²) in [6, 6.07) is 5.98. The standard InChI is InChI=1S/C14H22N2O/c1-12-5-7-14(10-12,11-15)17-9-6-13-4-2-3-8-16-13/h2-4,8,12H,5-7,9-11,15H2,1H3. The molecule has 0 radical (unpaired) electrons. The van der Waals surface area contributed by atoms with E-state index in [0.717, 1.165) is 37.5 Å². The number of hydrogen-bond acceptors (Lipinski definition) is 3. The van der Waals surface area contributed by atoms with E-state index in [2.05, 4.69) is 11.9 Å². The van der Waals surface area contributed by atoms with E-state index in [0.29, 0.717) is 6.54 Å². The Labute approximate surface area is 103 Å². The van der Waals surface area contributed by atoms with Gasteiger partial charge in [0.05, 0.1) is 12.2 Å². The van der Waals surface area contributed by atoms with Crippen LogP contribution in [0.4, 0.5) is 0 Å². The van der Waals surface area contributed by atoms with Crippen LogP contribution in [-0.4, -0.2) is 23.7 Å². The minimum absolute atomic E-state index is 0.0613. The summed E-state index contributed by atoms with van der Waals surface area (Å²) in [7, 11) is 0. The first kappa shape index (κ1) is 12.5. The Morgan fingerprint density at radius 2 is 2.41 bits per heavy atom. The summed E-state index contributed by atoms with van der Waals surface area (Å²) in [4.78, 5) is 4.30. The molecule has 1 aliphatic carbocycles. The third-order valence-electron chi connectivity index (χ3n) is 3.68. The molecule has 3 heteroatoms. The van der Waals surface area contributed by atoms with Crippen LogP contribution < -0.4 is 5.73 Å². The lowest BCUT2D eigenvalue weighted by Crippen LogP contribution is -2.38. The highest BCUT2D eigenvalue weighted by molar-refractivity contribution is 5.03. The Morgan fingerprint density at radius 3 is 3.00 bits per heavy atom. The van der Waals surface area contributed by atoms with Crippen molar-refractivity contribution in [3.8, 4) is 0 Å². The molecule has 0 amide bonds. The summed E-state index contributed by atoms with van der Waals surface area (Å²) >= 11 is 0. The number of ether oxygens (including phenoxy) is 1. The van der Waals surface area contributed by atoms with Crippen LogP contribution in [-0.2, 0) is 11.2 Å². The minimum atomic E-state index is -0.0613. The van der Waals surface area contributed by atoms with Crippen LogP contribution in [0.2, 0.25) is 0 Å². The van der Waals surface area contributed by atoms with Crippen LogP contribution in [0.15, 0.2) is 24.4 Å².